The van der Waals surface area contributed by atoms with E-state index in [1.165, 1.54) is 0 Å². The van der Waals surface area contributed by atoms with Crippen molar-refractivity contribution >= 4 is 22.8 Å². The van der Waals surface area contributed by atoms with Gasteiger partial charge in [-0.05, 0) is 35.8 Å². The molecule has 1 aromatic heterocycles. The first-order valence-corrected chi connectivity index (χ1v) is 9.01. The third-order valence-corrected chi connectivity index (χ3v) is 4.59. The van der Waals surface area contributed by atoms with Gasteiger partial charge in [0.25, 0.3) is 0 Å². The van der Waals surface area contributed by atoms with Gasteiger partial charge in [0.2, 0.25) is 5.91 Å². The van der Waals surface area contributed by atoms with E-state index in [0.29, 0.717) is 12.2 Å². The SMILES string of the molecule is CC(C)C(c1cc2cc(CC(=O)O)ccc2[nH]1)N1C/C(=C/CC(=O)NO)N=N1. The molecule has 0 saturated carbocycles. The molecule has 1 aromatic carbocycles. The van der Waals surface area contributed by atoms with Crippen molar-refractivity contribution < 1.29 is 19.9 Å². The fraction of sp³-hybridized carbons (Fsp3) is 0.368. The van der Waals surface area contributed by atoms with Gasteiger partial charge in [-0.25, -0.2) is 5.48 Å². The highest BCUT2D eigenvalue weighted by atomic mass is 16.5. The molecule has 9 nitrogen and oxygen atoms in total. The van der Waals surface area contributed by atoms with Crippen LogP contribution in [0.4, 0.5) is 0 Å². The first-order chi connectivity index (χ1) is 13.4. The summed E-state index contributed by atoms with van der Waals surface area (Å²) in [6.45, 7) is 4.63. The number of carboxylic acid groups (broad SMARTS) is 1. The third-order valence-electron chi connectivity index (χ3n) is 4.59. The molecule has 0 aliphatic carbocycles. The van der Waals surface area contributed by atoms with Crippen molar-refractivity contribution in [3.8, 4) is 0 Å². The number of aromatic nitrogens is 1. The Hall–Kier alpha value is -3.20. The van der Waals surface area contributed by atoms with E-state index < -0.39 is 11.9 Å². The summed E-state index contributed by atoms with van der Waals surface area (Å²) in [6.07, 6.45) is 1.65. The lowest BCUT2D eigenvalue weighted by molar-refractivity contribution is -0.136. The van der Waals surface area contributed by atoms with Crippen molar-refractivity contribution in [2.45, 2.75) is 32.7 Å². The third kappa shape index (κ3) is 4.37. The second kappa shape index (κ2) is 8.22. The zero-order chi connectivity index (χ0) is 20.3. The number of benzene rings is 1. The standard InChI is InChI=1S/C19H23N5O4/c1-11(2)19(24-10-14(21-23-24)4-6-17(25)22-28)16-9-13-7-12(8-18(26)27)3-5-15(13)20-16/h3-5,7,9,11,19-20,28H,6,8,10H2,1-2H3,(H,22,25)(H,26,27)/b14-4-. The fourth-order valence-electron chi connectivity index (χ4n) is 3.37. The van der Waals surface area contributed by atoms with Crippen molar-refractivity contribution in [1.82, 2.24) is 15.5 Å². The largest absolute Gasteiger partial charge is 0.481 e. The number of nitrogens with one attached hydrogen (secondary N) is 2. The van der Waals surface area contributed by atoms with Gasteiger partial charge >= 0.3 is 5.97 Å². The molecule has 1 atom stereocenters. The number of fused-ring (bicyclic) bond motifs is 1. The summed E-state index contributed by atoms with van der Waals surface area (Å²) < 4.78 is 0. The first-order valence-electron chi connectivity index (χ1n) is 9.01. The second-order valence-corrected chi connectivity index (χ2v) is 7.13. The maximum Gasteiger partial charge on any atom is 0.307 e. The van der Waals surface area contributed by atoms with Gasteiger partial charge in [-0.1, -0.05) is 25.1 Å². The van der Waals surface area contributed by atoms with Crippen LogP contribution >= 0.6 is 0 Å². The van der Waals surface area contributed by atoms with Gasteiger partial charge < -0.3 is 10.1 Å². The Morgan fingerprint density at radius 3 is 2.82 bits per heavy atom. The number of carboxylic acids is 1. The maximum absolute atomic E-state index is 11.2. The molecule has 1 aliphatic rings. The lowest BCUT2D eigenvalue weighted by atomic mass is 10.00. The topological polar surface area (TPSA) is 130 Å². The van der Waals surface area contributed by atoms with Crippen LogP contribution in [-0.2, 0) is 16.0 Å². The fourth-order valence-corrected chi connectivity index (χ4v) is 3.37. The van der Waals surface area contributed by atoms with Crippen molar-refractivity contribution in [3.05, 3.63) is 47.3 Å². The van der Waals surface area contributed by atoms with Gasteiger partial charge in [0, 0.05) is 23.0 Å². The molecule has 1 unspecified atom stereocenters. The molecule has 148 valence electrons. The number of hydroxylamine groups is 1. The smallest absolute Gasteiger partial charge is 0.307 e. The Bertz CT molecular complexity index is 947. The Morgan fingerprint density at radius 2 is 2.14 bits per heavy atom. The Morgan fingerprint density at radius 1 is 1.36 bits per heavy atom. The van der Waals surface area contributed by atoms with Crippen LogP contribution in [0, 0.1) is 5.92 Å². The number of amides is 1. The summed E-state index contributed by atoms with van der Waals surface area (Å²) in [5.41, 5.74) is 4.89. The van der Waals surface area contributed by atoms with Gasteiger partial charge in [0.15, 0.2) is 0 Å². The number of rotatable bonds is 7. The zero-order valence-electron chi connectivity index (χ0n) is 15.7. The van der Waals surface area contributed by atoms with E-state index >= 15 is 0 Å². The minimum Gasteiger partial charge on any atom is -0.481 e. The van der Waals surface area contributed by atoms with Crippen LogP contribution in [0.2, 0.25) is 0 Å². The van der Waals surface area contributed by atoms with Gasteiger partial charge in [-0.3, -0.25) is 19.8 Å². The Balaban J connectivity index is 1.82. The van der Waals surface area contributed by atoms with E-state index in [9.17, 15) is 9.59 Å². The summed E-state index contributed by atoms with van der Waals surface area (Å²) >= 11 is 0. The molecule has 28 heavy (non-hydrogen) atoms. The molecule has 1 amide bonds. The summed E-state index contributed by atoms with van der Waals surface area (Å²) in [6, 6.07) is 7.53. The quantitative estimate of drug-likeness (QED) is 0.430. The summed E-state index contributed by atoms with van der Waals surface area (Å²) in [5, 5.41) is 28.7. The van der Waals surface area contributed by atoms with Gasteiger partial charge in [0.05, 0.1) is 24.7 Å². The number of carbonyl (C=O) groups is 2. The number of hydrogen-bond acceptors (Lipinski definition) is 6. The van der Waals surface area contributed by atoms with E-state index in [-0.39, 0.29) is 24.8 Å². The molecule has 9 heteroatoms. The number of hydrogen-bond donors (Lipinski definition) is 4. The summed E-state index contributed by atoms with van der Waals surface area (Å²) in [4.78, 5) is 25.5. The van der Waals surface area contributed by atoms with E-state index in [2.05, 4.69) is 29.2 Å². The lowest BCUT2D eigenvalue weighted by Gasteiger charge is -2.27. The van der Waals surface area contributed by atoms with E-state index in [1.54, 1.807) is 11.6 Å². The second-order valence-electron chi connectivity index (χ2n) is 7.13. The molecule has 2 heterocycles. The molecular formula is C19H23N5O4. The molecule has 0 radical (unpaired) electrons. The molecule has 0 bridgehead atoms. The molecule has 0 spiro atoms. The van der Waals surface area contributed by atoms with Gasteiger partial charge in [0.1, 0.15) is 0 Å². The first kappa shape index (κ1) is 19.6. The van der Waals surface area contributed by atoms with E-state index in [1.807, 2.05) is 29.3 Å². The van der Waals surface area contributed by atoms with Crippen LogP contribution in [0.3, 0.4) is 0 Å². The highest BCUT2D eigenvalue weighted by molar-refractivity contribution is 5.82. The highest BCUT2D eigenvalue weighted by Gasteiger charge is 2.28. The average molecular weight is 385 g/mol. The van der Waals surface area contributed by atoms with Crippen LogP contribution in [0.1, 0.15) is 37.6 Å². The monoisotopic (exact) mass is 385 g/mol. The van der Waals surface area contributed by atoms with E-state index in [0.717, 1.165) is 22.2 Å². The summed E-state index contributed by atoms with van der Waals surface area (Å²) in [5.74, 6) is -1.14. The van der Waals surface area contributed by atoms with Crippen molar-refractivity contribution in [1.29, 1.82) is 0 Å². The lowest BCUT2D eigenvalue weighted by Crippen LogP contribution is -2.26. The normalized spacial score (nSPS) is 16.3. The van der Waals surface area contributed by atoms with Crippen LogP contribution in [0.5, 0.6) is 0 Å². The van der Waals surface area contributed by atoms with Gasteiger partial charge in [-0.15, -0.1) is 5.11 Å². The molecule has 0 saturated heterocycles. The van der Waals surface area contributed by atoms with Crippen LogP contribution in [0.15, 0.2) is 46.4 Å². The summed E-state index contributed by atoms with van der Waals surface area (Å²) in [7, 11) is 0. The van der Waals surface area contributed by atoms with Crippen LogP contribution in [0.25, 0.3) is 10.9 Å². The predicted molar refractivity (Wildman–Crippen MR) is 101 cm³/mol. The van der Waals surface area contributed by atoms with Crippen molar-refractivity contribution in [2.75, 3.05) is 6.54 Å². The van der Waals surface area contributed by atoms with Gasteiger partial charge in [-0.2, -0.15) is 0 Å². The number of H-pyrrole nitrogens is 1. The van der Waals surface area contributed by atoms with Crippen LogP contribution in [-0.4, -0.2) is 38.7 Å². The van der Waals surface area contributed by atoms with Crippen molar-refractivity contribution in [2.24, 2.45) is 16.3 Å². The minimum atomic E-state index is -0.859. The van der Waals surface area contributed by atoms with Crippen LogP contribution < -0.4 is 5.48 Å². The zero-order valence-corrected chi connectivity index (χ0v) is 15.7. The molecule has 2 aromatic rings. The maximum atomic E-state index is 11.2. The molecule has 0 fully saturated rings. The molecule has 1 aliphatic heterocycles. The minimum absolute atomic E-state index is 0.0139. The molecular weight excluding hydrogens is 362 g/mol. The van der Waals surface area contributed by atoms with E-state index in [4.69, 9.17) is 10.3 Å². The number of carbonyl (C=O) groups excluding carboxylic acids is 1. The van der Waals surface area contributed by atoms with Crippen molar-refractivity contribution in [3.63, 3.8) is 0 Å². The predicted octanol–water partition coefficient (Wildman–Crippen LogP) is 2.95. The highest BCUT2D eigenvalue weighted by Crippen LogP contribution is 2.34. The number of nitrogens with zero attached hydrogens (tertiary/aromatic N) is 3. The number of aliphatic carboxylic acids is 1. The molecule has 4 N–H and O–H groups in total. The average Bonchev–Trinajstić information content (AvgIpc) is 3.25. The molecule has 3 rings (SSSR count). The Labute approximate surface area is 161 Å². The Kier molecular flexibility index (Phi) is 5.74. The number of aromatic amines is 1.